The Bertz CT molecular complexity index is 219. The monoisotopic (exact) mass is 168 g/mol. The summed E-state index contributed by atoms with van der Waals surface area (Å²) < 4.78 is 0. The van der Waals surface area contributed by atoms with E-state index in [1.807, 2.05) is 0 Å². The maximum Gasteiger partial charge on any atom is 0.109 e. The van der Waals surface area contributed by atoms with Gasteiger partial charge in [0.2, 0.25) is 0 Å². The second-order valence-electron chi connectivity index (χ2n) is 2.87. The zero-order valence-corrected chi connectivity index (χ0v) is 8.31. The highest BCUT2D eigenvalue weighted by atomic mass is 28.3. The van der Waals surface area contributed by atoms with E-state index < -0.39 is 8.80 Å². The second-order valence-corrected chi connectivity index (χ2v) is 5.34. The Kier molecular flexibility index (Phi) is 2.81. The SMILES string of the molecule is CCCc1n[nH]nc1[Si](C)C. The van der Waals surface area contributed by atoms with Gasteiger partial charge in [0.25, 0.3) is 0 Å². The van der Waals surface area contributed by atoms with Gasteiger partial charge in [-0.2, -0.15) is 15.4 Å². The second kappa shape index (κ2) is 3.66. The van der Waals surface area contributed by atoms with Crippen molar-refractivity contribution in [2.24, 2.45) is 0 Å². The van der Waals surface area contributed by atoms with Crippen molar-refractivity contribution in [3.8, 4) is 0 Å². The lowest BCUT2D eigenvalue weighted by Crippen LogP contribution is -2.27. The number of H-pyrrole nitrogens is 1. The summed E-state index contributed by atoms with van der Waals surface area (Å²) >= 11 is 0. The Morgan fingerprint density at radius 2 is 2.09 bits per heavy atom. The minimum atomic E-state index is -0.426. The fraction of sp³-hybridized carbons (Fsp3) is 0.714. The molecule has 1 N–H and O–H groups in total. The van der Waals surface area contributed by atoms with E-state index in [-0.39, 0.29) is 0 Å². The van der Waals surface area contributed by atoms with E-state index in [0.29, 0.717) is 0 Å². The molecule has 3 nitrogen and oxygen atoms in total. The molecule has 4 heteroatoms. The average molecular weight is 168 g/mol. The van der Waals surface area contributed by atoms with Crippen LogP contribution in [0, 0.1) is 0 Å². The molecule has 61 valence electrons. The molecule has 1 heterocycles. The summed E-state index contributed by atoms with van der Waals surface area (Å²) in [7, 11) is -0.426. The van der Waals surface area contributed by atoms with Gasteiger partial charge in [-0.3, -0.25) is 0 Å². The van der Waals surface area contributed by atoms with E-state index in [4.69, 9.17) is 0 Å². The van der Waals surface area contributed by atoms with Crippen LogP contribution < -0.4 is 5.32 Å². The lowest BCUT2D eigenvalue weighted by atomic mass is 10.3. The first-order valence-electron chi connectivity index (χ1n) is 3.96. The van der Waals surface area contributed by atoms with Crippen LogP contribution in [0.25, 0.3) is 0 Å². The molecule has 0 bridgehead atoms. The third-order valence-corrected chi connectivity index (χ3v) is 2.93. The van der Waals surface area contributed by atoms with Gasteiger partial charge in [-0.25, -0.2) is 0 Å². The summed E-state index contributed by atoms with van der Waals surface area (Å²) in [6.07, 6.45) is 2.20. The molecular weight excluding hydrogens is 154 g/mol. The smallest absolute Gasteiger partial charge is 0.109 e. The standard InChI is InChI=1S/C7H14N3Si/c1-4-5-6-7(11(2)3)9-10-8-6/h4-5H2,1-3H3,(H,8,9,10). The molecule has 0 unspecified atom stereocenters. The van der Waals surface area contributed by atoms with Gasteiger partial charge in [-0.1, -0.05) is 26.4 Å². The third-order valence-electron chi connectivity index (χ3n) is 1.58. The molecule has 11 heavy (non-hydrogen) atoms. The van der Waals surface area contributed by atoms with E-state index in [2.05, 4.69) is 35.4 Å². The molecule has 0 saturated carbocycles. The van der Waals surface area contributed by atoms with Gasteiger partial charge in [-0.15, -0.1) is 0 Å². The molecule has 1 aromatic heterocycles. The quantitative estimate of drug-likeness (QED) is 0.676. The number of aromatic nitrogens is 3. The van der Waals surface area contributed by atoms with E-state index in [1.54, 1.807) is 0 Å². The molecule has 0 amide bonds. The van der Waals surface area contributed by atoms with Crippen LogP contribution >= 0.6 is 0 Å². The molecule has 0 spiro atoms. The fourth-order valence-corrected chi connectivity index (χ4v) is 2.10. The topological polar surface area (TPSA) is 41.6 Å². The Labute approximate surface area is 68.8 Å². The normalized spacial score (nSPS) is 10.9. The Morgan fingerprint density at radius 3 is 2.64 bits per heavy atom. The lowest BCUT2D eigenvalue weighted by Gasteiger charge is -1.98. The first-order valence-corrected chi connectivity index (χ1v) is 6.46. The van der Waals surface area contributed by atoms with Crippen molar-refractivity contribution in [1.29, 1.82) is 0 Å². The van der Waals surface area contributed by atoms with E-state index in [1.165, 1.54) is 11.0 Å². The summed E-state index contributed by atoms with van der Waals surface area (Å²) in [6, 6.07) is 0. The Hall–Kier alpha value is -0.643. The van der Waals surface area contributed by atoms with Gasteiger partial charge < -0.3 is 0 Å². The number of aromatic amines is 1. The molecular formula is C7H14N3Si. The van der Waals surface area contributed by atoms with Crippen LogP contribution in [0.1, 0.15) is 19.0 Å². The van der Waals surface area contributed by atoms with E-state index >= 15 is 0 Å². The molecule has 0 aromatic carbocycles. The average Bonchev–Trinajstić information content (AvgIpc) is 2.36. The van der Waals surface area contributed by atoms with Gasteiger partial charge in [0.1, 0.15) is 8.80 Å². The van der Waals surface area contributed by atoms with Crippen molar-refractivity contribution >= 4 is 14.1 Å². The first-order chi connectivity index (χ1) is 5.25. The van der Waals surface area contributed by atoms with Gasteiger partial charge in [-0.05, 0) is 6.42 Å². The number of hydrogen-bond donors (Lipinski definition) is 1. The summed E-state index contributed by atoms with van der Waals surface area (Å²) in [5.41, 5.74) is 1.17. The van der Waals surface area contributed by atoms with E-state index in [0.717, 1.165) is 12.8 Å². The fourth-order valence-electron chi connectivity index (χ4n) is 1.06. The molecule has 1 rings (SSSR count). The largest absolute Gasteiger partial charge is 0.198 e. The molecule has 0 atom stereocenters. The maximum atomic E-state index is 4.14. The van der Waals surface area contributed by atoms with Gasteiger partial charge >= 0.3 is 0 Å². The number of nitrogens with one attached hydrogen (secondary N) is 1. The molecule has 0 aliphatic rings. The summed E-state index contributed by atoms with van der Waals surface area (Å²) in [5.74, 6) is 0. The number of nitrogens with zero attached hydrogens (tertiary/aromatic N) is 2. The molecule has 0 saturated heterocycles. The highest BCUT2D eigenvalue weighted by molar-refractivity contribution is 6.70. The maximum absolute atomic E-state index is 4.14. The molecule has 1 aromatic rings. The van der Waals surface area contributed by atoms with Crippen molar-refractivity contribution in [3.05, 3.63) is 5.69 Å². The summed E-state index contributed by atoms with van der Waals surface area (Å²) in [4.78, 5) is 0. The first kappa shape index (κ1) is 8.45. The van der Waals surface area contributed by atoms with Crippen LogP contribution in [0.5, 0.6) is 0 Å². The van der Waals surface area contributed by atoms with Crippen molar-refractivity contribution in [2.45, 2.75) is 32.9 Å². The van der Waals surface area contributed by atoms with Crippen LogP contribution in [-0.2, 0) is 6.42 Å². The zero-order valence-electron chi connectivity index (χ0n) is 7.31. The van der Waals surface area contributed by atoms with E-state index in [9.17, 15) is 0 Å². The number of hydrogen-bond acceptors (Lipinski definition) is 2. The summed E-state index contributed by atoms with van der Waals surface area (Å²) in [5, 5.41) is 12.2. The third kappa shape index (κ3) is 1.89. The van der Waals surface area contributed by atoms with Gasteiger partial charge in [0.05, 0.1) is 11.0 Å². The lowest BCUT2D eigenvalue weighted by molar-refractivity contribution is 0.854. The number of rotatable bonds is 3. The molecule has 0 aliphatic heterocycles. The highest BCUT2D eigenvalue weighted by Gasteiger charge is 2.10. The van der Waals surface area contributed by atoms with Crippen LogP contribution in [0.4, 0.5) is 0 Å². The number of aryl methyl sites for hydroxylation is 1. The van der Waals surface area contributed by atoms with Crippen molar-refractivity contribution in [3.63, 3.8) is 0 Å². The minimum absolute atomic E-state index is 0.426. The van der Waals surface area contributed by atoms with Gasteiger partial charge in [0, 0.05) is 0 Å². The molecule has 0 fully saturated rings. The van der Waals surface area contributed by atoms with Crippen LogP contribution in [0.3, 0.4) is 0 Å². The van der Waals surface area contributed by atoms with Crippen molar-refractivity contribution in [1.82, 2.24) is 15.4 Å². The van der Waals surface area contributed by atoms with Gasteiger partial charge in [0.15, 0.2) is 0 Å². The predicted octanol–water partition coefficient (Wildman–Crippen LogP) is 0.719. The van der Waals surface area contributed by atoms with Crippen LogP contribution in [0.15, 0.2) is 0 Å². The Morgan fingerprint density at radius 1 is 1.36 bits per heavy atom. The molecule has 0 aliphatic carbocycles. The zero-order chi connectivity index (χ0) is 8.27. The minimum Gasteiger partial charge on any atom is -0.198 e. The summed E-state index contributed by atoms with van der Waals surface area (Å²) in [6.45, 7) is 6.64. The van der Waals surface area contributed by atoms with Crippen molar-refractivity contribution in [2.75, 3.05) is 0 Å². The van der Waals surface area contributed by atoms with Crippen molar-refractivity contribution < 1.29 is 0 Å². The van der Waals surface area contributed by atoms with Crippen LogP contribution in [0.2, 0.25) is 13.1 Å². The Balaban J connectivity index is 2.78. The predicted molar refractivity (Wildman–Crippen MR) is 47.5 cm³/mol. The highest BCUT2D eigenvalue weighted by Crippen LogP contribution is 1.94. The van der Waals surface area contributed by atoms with Crippen LogP contribution in [-0.4, -0.2) is 24.2 Å². The molecule has 1 radical (unpaired) electrons.